The van der Waals surface area contributed by atoms with Crippen molar-refractivity contribution in [1.82, 2.24) is 4.98 Å². The molecule has 2 aromatic rings. The molecule has 17 heavy (non-hydrogen) atoms. The smallest absolute Gasteiger partial charge is 0.265 e. The highest BCUT2D eigenvalue weighted by atomic mass is 35.5. The van der Waals surface area contributed by atoms with Crippen molar-refractivity contribution in [2.75, 3.05) is 5.01 Å². The monoisotopic (exact) mass is 247 g/mol. The van der Waals surface area contributed by atoms with E-state index < -0.39 is 5.91 Å². The summed E-state index contributed by atoms with van der Waals surface area (Å²) >= 11 is 5.96. The van der Waals surface area contributed by atoms with Crippen molar-refractivity contribution < 1.29 is 4.79 Å². The molecule has 1 heterocycles. The van der Waals surface area contributed by atoms with Gasteiger partial charge < -0.3 is 0 Å². The molecular formula is C12H10ClN3O. The molecule has 0 aliphatic heterocycles. The highest BCUT2D eigenvalue weighted by Crippen LogP contribution is 2.23. The lowest BCUT2D eigenvalue weighted by Gasteiger charge is -2.17. The quantitative estimate of drug-likeness (QED) is 0.503. The van der Waals surface area contributed by atoms with E-state index in [9.17, 15) is 4.79 Å². The van der Waals surface area contributed by atoms with Gasteiger partial charge in [0, 0.05) is 6.20 Å². The number of benzene rings is 1. The Kier molecular flexibility index (Phi) is 3.37. The van der Waals surface area contributed by atoms with E-state index in [1.807, 2.05) is 0 Å². The predicted molar refractivity (Wildman–Crippen MR) is 66.7 cm³/mol. The van der Waals surface area contributed by atoms with Crippen LogP contribution in [-0.2, 0) is 0 Å². The summed E-state index contributed by atoms with van der Waals surface area (Å²) in [5.74, 6) is 5.33. The number of nitrogens with zero attached hydrogens (tertiary/aromatic N) is 2. The van der Waals surface area contributed by atoms with Crippen LogP contribution < -0.4 is 10.9 Å². The molecule has 2 rings (SSSR count). The topological polar surface area (TPSA) is 59.2 Å². The predicted octanol–water partition coefficient (Wildman–Crippen LogP) is 2.26. The first-order chi connectivity index (χ1) is 8.20. The van der Waals surface area contributed by atoms with Gasteiger partial charge in [-0.05, 0) is 24.3 Å². The molecular weight excluding hydrogens is 238 g/mol. The minimum Gasteiger partial charge on any atom is -0.265 e. The van der Waals surface area contributed by atoms with Crippen LogP contribution in [0.5, 0.6) is 0 Å². The largest absolute Gasteiger partial charge is 0.291 e. The second-order valence-corrected chi connectivity index (χ2v) is 3.75. The number of anilines is 1. The summed E-state index contributed by atoms with van der Waals surface area (Å²) in [5.41, 5.74) is 0.722. The van der Waals surface area contributed by atoms with Crippen molar-refractivity contribution in [3.05, 3.63) is 59.4 Å². The first kappa shape index (κ1) is 11.6. The van der Waals surface area contributed by atoms with Crippen LogP contribution >= 0.6 is 11.6 Å². The fraction of sp³-hybridized carbons (Fsp3) is 0. The van der Waals surface area contributed by atoms with Gasteiger partial charge in [-0.1, -0.05) is 29.8 Å². The van der Waals surface area contributed by atoms with Crippen LogP contribution in [0.1, 0.15) is 10.5 Å². The molecule has 2 N–H and O–H groups in total. The van der Waals surface area contributed by atoms with Gasteiger partial charge in [-0.3, -0.25) is 9.78 Å². The first-order valence-corrected chi connectivity index (χ1v) is 5.32. The first-order valence-electron chi connectivity index (χ1n) is 4.95. The average Bonchev–Trinajstić information content (AvgIpc) is 2.39. The van der Waals surface area contributed by atoms with E-state index >= 15 is 0 Å². The Bertz CT molecular complexity index is 530. The Morgan fingerprint density at radius 2 is 1.88 bits per heavy atom. The van der Waals surface area contributed by atoms with Crippen molar-refractivity contribution in [2.24, 2.45) is 5.84 Å². The molecule has 0 saturated heterocycles. The Hall–Kier alpha value is -1.91. The van der Waals surface area contributed by atoms with Crippen LogP contribution in [0.4, 0.5) is 5.69 Å². The van der Waals surface area contributed by atoms with Crippen LogP contribution in [0.3, 0.4) is 0 Å². The minimum absolute atomic E-state index is 0.273. The Labute approximate surface area is 104 Å². The molecule has 0 aliphatic rings. The third-order valence-electron chi connectivity index (χ3n) is 2.21. The maximum atomic E-state index is 12.0. The fourth-order valence-corrected chi connectivity index (χ4v) is 1.60. The number of hydrogen-bond donors (Lipinski definition) is 1. The van der Waals surface area contributed by atoms with Gasteiger partial charge >= 0.3 is 0 Å². The van der Waals surface area contributed by atoms with Crippen LogP contribution in [0.15, 0.2) is 48.7 Å². The zero-order valence-electron chi connectivity index (χ0n) is 8.88. The maximum absolute atomic E-state index is 12.0. The van der Waals surface area contributed by atoms with Gasteiger partial charge in [-0.15, -0.1) is 0 Å². The number of para-hydroxylation sites is 1. The normalized spacial score (nSPS) is 10.0. The lowest BCUT2D eigenvalue weighted by Crippen LogP contribution is -2.38. The summed E-state index contributed by atoms with van der Waals surface area (Å²) < 4.78 is 0. The van der Waals surface area contributed by atoms with Gasteiger partial charge in [-0.2, -0.15) is 0 Å². The van der Waals surface area contributed by atoms with Crippen molar-refractivity contribution in [1.29, 1.82) is 0 Å². The van der Waals surface area contributed by atoms with Crippen LogP contribution in [0.25, 0.3) is 0 Å². The average molecular weight is 248 g/mol. The molecule has 0 atom stereocenters. The van der Waals surface area contributed by atoms with E-state index in [0.717, 1.165) is 5.01 Å². The van der Waals surface area contributed by atoms with Crippen molar-refractivity contribution in [2.45, 2.75) is 0 Å². The molecule has 0 fully saturated rings. The van der Waals surface area contributed by atoms with Gasteiger partial charge in [0.1, 0.15) is 5.69 Å². The van der Waals surface area contributed by atoms with E-state index in [2.05, 4.69) is 4.98 Å². The summed E-state index contributed by atoms with van der Waals surface area (Å²) in [7, 11) is 0. The molecule has 0 aliphatic carbocycles. The maximum Gasteiger partial charge on any atom is 0.291 e. The second-order valence-electron chi connectivity index (χ2n) is 3.34. The second kappa shape index (κ2) is 4.95. The summed E-state index contributed by atoms with van der Waals surface area (Å²) in [6.45, 7) is 0. The Balaban J connectivity index is 2.30. The van der Waals surface area contributed by atoms with Gasteiger partial charge in [0.25, 0.3) is 5.91 Å². The van der Waals surface area contributed by atoms with Gasteiger partial charge in [-0.25, -0.2) is 10.9 Å². The minimum atomic E-state index is -0.404. The van der Waals surface area contributed by atoms with E-state index in [0.29, 0.717) is 10.7 Å². The zero-order chi connectivity index (χ0) is 12.3. The van der Waals surface area contributed by atoms with Crippen molar-refractivity contribution in [3.8, 4) is 0 Å². The number of rotatable bonds is 2. The van der Waals surface area contributed by atoms with Gasteiger partial charge in [0.2, 0.25) is 0 Å². The van der Waals surface area contributed by atoms with Crippen LogP contribution in [-0.4, -0.2) is 10.9 Å². The summed E-state index contributed by atoms with van der Waals surface area (Å²) in [5, 5.41) is 1.41. The van der Waals surface area contributed by atoms with Gasteiger partial charge in [0.15, 0.2) is 0 Å². The number of carbonyl (C=O) groups is 1. The molecule has 4 nitrogen and oxygen atoms in total. The Morgan fingerprint density at radius 3 is 2.53 bits per heavy atom. The van der Waals surface area contributed by atoms with Crippen molar-refractivity contribution >= 4 is 23.2 Å². The third kappa shape index (κ3) is 2.43. The number of carbonyl (C=O) groups excluding carboxylic acids is 1. The molecule has 1 amide bonds. The molecule has 0 saturated carbocycles. The van der Waals surface area contributed by atoms with Crippen LogP contribution in [0.2, 0.25) is 5.02 Å². The zero-order valence-corrected chi connectivity index (χ0v) is 9.63. The summed E-state index contributed by atoms with van der Waals surface area (Å²) in [4.78, 5) is 15.9. The molecule has 1 aromatic heterocycles. The molecule has 86 valence electrons. The molecule has 0 radical (unpaired) electrons. The van der Waals surface area contributed by atoms with E-state index in [-0.39, 0.29) is 5.69 Å². The molecule has 1 aromatic carbocycles. The summed E-state index contributed by atoms with van der Waals surface area (Å²) in [6.07, 6.45) is 1.54. The lowest BCUT2D eigenvalue weighted by molar-refractivity contribution is 0.0982. The van der Waals surface area contributed by atoms with Crippen LogP contribution in [0, 0.1) is 0 Å². The molecule has 0 spiro atoms. The highest BCUT2D eigenvalue weighted by molar-refractivity contribution is 6.33. The van der Waals surface area contributed by atoms with E-state index in [1.165, 1.54) is 6.20 Å². The number of halogens is 1. The number of hydrazine groups is 1. The highest BCUT2D eigenvalue weighted by Gasteiger charge is 2.16. The van der Waals surface area contributed by atoms with E-state index in [4.69, 9.17) is 17.4 Å². The number of nitrogens with two attached hydrogens (primary N) is 1. The SMILES string of the molecule is NN(C(=O)c1ccccn1)c1ccccc1Cl. The molecule has 0 unspecified atom stereocenters. The molecule has 5 heteroatoms. The lowest BCUT2D eigenvalue weighted by atomic mass is 10.3. The van der Waals surface area contributed by atoms with Crippen molar-refractivity contribution in [3.63, 3.8) is 0 Å². The fourth-order valence-electron chi connectivity index (χ4n) is 1.37. The molecule has 0 bridgehead atoms. The summed E-state index contributed by atoms with van der Waals surface area (Å²) in [6, 6.07) is 11.9. The number of amides is 1. The van der Waals surface area contributed by atoms with E-state index in [1.54, 1.807) is 42.5 Å². The third-order valence-corrected chi connectivity index (χ3v) is 2.53. The van der Waals surface area contributed by atoms with Gasteiger partial charge in [0.05, 0.1) is 10.7 Å². The number of pyridine rings is 1. The number of aromatic nitrogens is 1. The number of hydrogen-bond acceptors (Lipinski definition) is 3. The Morgan fingerprint density at radius 1 is 1.18 bits per heavy atom. The standard InChI is InChI=1S/C12H10ClN3O/c13-9-5-1-2-7-11(9)16(14)12(17)10-6-3-4-8-15-10/h1-8H,14H2.